The van der Waals surface area contributed by atoms with Crippen molar-refractivity contribution in [2.45, 2.75) is 13.0 Å². The van der Waals surface area contributed by atoms with Crippen molar-refractivity contribution < 1.29 is 13.9 Å². The number of methoxy groups -OCH3 is 1. The van der Waals surface area contributed by atoms with Crippen molar-refractivity contribution in [3.63, 3.8) is 0 Å². The molecule has 0 spiro atoms. The summed E-state index contributed by atoms with van der Waals surface area (Å²) in [5, 5.41) is 2.84. The van der Waals surface area contributed by atoms with Crippen LogP contribution in [0.2, 0.25) is 0 Å². The molecule has 0 saturated carbocycles. The molecule has 0 bridgehead atoms. The fourth-order valence-electron chi connectivity index (χ4n) is 1.98. The first-order valence-electron chi connectivity index (χ1n) is 6.96. The lowest BCUT2D eigenvalue weighted by Gasteiger charge is -2.12. The SMILES string of the molecule is COc1ccc(/C=C/C(=O)N[C@H](C)c2ccc(F)cc2)cc1. The summed E-state index contributed by atoms with van der Waals surface area (Å²) in [5.41, 5.74) is 1.76. The maximum Gasteiger partial charge on any atom is 0.244 e. The molecule has 2 aromatic rings. The van der Waals surface area contributed by atoms with E-state index in [9.17, 15) is 9.18 Å². The van der Waals surface area contributed by atoms with Gasteiger partial charge in [0.2, 0.25) is 5.91 Å². The molecule has 2 aromatic carbocycles. The van der Waals surface area contributed by atoms with Gasteiger partial charge in [0.05, 0.1) is 13.2 Å². The van der Waals surface area contributed by atoms with Crippen LogP contribution >= 0.6 is 0 Å². The Morgan fingerprint density at radius 1 is 1.14 bits per heavy atom. The molecule has 2 rings (SSSR count). The summed E-state index contributed by atoms with van der Waals surface area (Å²) in [6.45, 7) is 1.85. The summed E-state index contributed by atoms with van der Waals surface area (Å²) in [6, 6.07) is 13.3. The summed E-state index contributed by atoms with van der Waals surface area (Å²) in [5.74, 6) is 0.279. The van der Waals surface area contributed by atoms with E-state index in [0.29, 0.717) is 0 Å². The molecule has 0 aliphatic heterocycles. The first kappa shape index (κ1) is 15.8. The molecule has 0 heterocycles. The van der Waals surface area contributed by atoms with Gasteiger partial charge >= 0.3 is 0 Å². The number of benzene rings is 2. The van der Waals surface area contributed by atoms with Gasteiger partial charge in [0.25, 0.3) is 0 Å². The minimum Gasteiger partial charge on any atom is -0.497 e. The Morgan fingerprint density at radius 3 is 2.36 bits per heavy atom. The Balaban J connectivity index is 1.93. The number of carbonyl (C=O) groups excluding carboxylic acids is 1. The van der Waals surface area contributed by atoms with Crippen LogP contribution in [0.3, 0.4) is 0 Å². The molecule has 0 fully saturated rings. The maximum absolute atomic E-state index is 12.9. The van der Waals surface area contributed by atoms with Gasteiger partial charge < -0.3 is 10.1 Å². The number of ether oxygens (including phenoxy) is 1. The van der Waals surface area contributed by atoms with Crippen molar-refractivity contribution in [3.8, 4) is 5.75 Å². The van der Waals surface area contributed by atoms with Gasteiger partial charge in [-0.2, -0.15) is 0 Å². The van der Waals surface area contributed by atoms with Crippen LogP contribution in [0.5, 0.6) is 5.75 Å². The third-order valence-corrected chi connectivity index (χ3v) is 3.27. The van der Waals surface area contributed by atoms with E-state index in [1.165, 1.54) is 18.2 Å². The highest BCUT2D eigenvalue weighted by Gasteiger charge is 2.07. The minimum atomic E-state index is -0.290. The van der Waals surface area contributed by atoms with Gasteiger partial charge in [-0.1, -0.05) is 24.3 Å². The van der Waals surface area contributed by atoms with Gasteiger partial charge in [0.1, 0.15) is 11.6 Å². The van der Waals surface area contributed by atoms with Crippen LogP contribution in [0, 0.1) is 5.82 Å². The summed E-state index contributed by atoms with van der Waals surface area (Å²) in [6.07, 6.45) is 3.20. The highest BCUT2D eigenvalue weighted by molar-refractivity contribution is 5.91. The van der Waals surface area contributed by atoms with Gasteiger partial charge in [-0.05, 0) is 48.4 Å². The van der Waals surface area contributed by atoms with Crippen LogP contribution < -0.4 is 10.1 Å². The Bertz CT molecular complexity index is 648. The monoisotopic (exact) mass is 299 g/mol. The van der Waals surface area contributed by atoms with E-state index in [-0.39, 0.29) is 17.8 Å². The number of halogens is 1. The van der Waals surface area contributed by atoms with Crippen molar-refractivity contribution in [3.05, 3.63) is 71.6 Å². The number of carbonyl (C=O) groups is 1. The largest absolute Gasteiger partial charge is 0.497 e. The molecule has 0 aromatic heterocycles. The molecule has 1 N–H and O–H groups in total. The van der Waals surface area contributed by atoms with Crippen LogP contribution in [0.15, 0.2) is 54.6 Å². The van der Waals surface area contributed by atoms with E-state index >= 15 is 0 Å². The van der Waals surface area contributed by atoms with Crippen LogP contribution in [0.4, 0.5) is 4.39 Å². The van der Waals surface area contributed by atoms with Gasteiger partial charge in [0.15, 0.2) is 0 Å². The minimum absolute atomic E-state index is 0.186. The lowest BCUT2D eigenvalue weighted by atomic mass is 10.1. The van der Waals surface area contributed by atoms with Crippen LogP contribution in [0.1, 0.15) is 24.1 Å². The van der Waals surface area contributed by atoms with E-state index in [1.54, 1.807) is 25.3 Å². The molecule has 4 heteroatoms. The van der Waals surface area contributed by atoms with Crippen molar-refractivity contribution in [2.24, 2.45) is 0 Å². The zero-order valence-electron chi connectivity index (χ0n) is 12.5. The van der Waals surface area contributed by atoms with Crippen molar-refractivity contribution in [2.75, 3.05) is 7.11 Å². The number of hydrogen-bond acceptors (Lipinski definition) is 2. The van der Waals surface area contributed by atoms with Crippen molar-refractivity contribution >= 4 is 12.0 Å². The molecule has 22 heavy (non-hydrogen) atoms. The Labute approximate surface area is 129 Å². The highest BCUT2D eigenvalue weighted by atomic mass is 19.1. The smallest absolute Gasteiger partial charge is 0.244 e. The summed E-state index contributed by atoms with van der Waals surface area (Å²) in [4.78, 5) is 11.9. The number of amides is 1. The van der Waals surface area contributed by atoms with Gasteiger partial charge in [-0.3, -0.25) is 4.79 Å². The predicted octanol–water partition coefficient (Wildman–Crippen LogP) is 3.72. The molecule has 0 aliphatic rings. The van der Waals surface area contributed by atoms with Crippen molar-refractivity contribution in [1.82, 2.24) is 5.32 Å². The zero-order chi connectivity index (χ0) is 15.9. The maximum atomic E-state index is 12.9. The molecule has 1 amide bonds. The first-order chi connectivity index (χ1) is 10.6. The Morgan fingerprint density at radius 2 is 1.77 bits per heavy atom. The molecule has 0 saturated heterocycles. The van der Waals surface area contributed by atoms with Gasteiger partial charge in [-0.25, -0.2) is 4.39 Å². The number of nitrogens with one attached hydrogen (secondary N) is 1. The third kappa shape index (κ3) is 4.45. The lowest BCUT2D eigenvalue weighted by Crippen LogP contribution is -2.24. The number of hydrogen-bond donors (Lipinski definition) is 1. The molecule has 0 aliphatic carbocycles. The molecule has 0 radical (unpaired) electrons. The Hall–Kier alpha value is -2.62. The molecule has 0 unspecified atom stereocenters. The van der Waals surface area contributed by atoms with E-state index < -0.39 is 0 Å². The quantitative estimate of drug-likeness (QED) is 0.854. The van der Waals surface area contributed by atoms with E-state index in [4.69, 9.17) is 4.74 Å². The average molecular weight is 299 g/mol. The second-order valence-corrected chi connectivity index (χ2v) is 4.89. The fourth-order valence-corrected chi connectivity index (χ4v) is 1.98. The molecular weight excluding hydrogens is 281 g/mol. The predicted molar refractivity (Wildman–Crippen MR) is 85.0 cm³/mol. The highest BCUT2D eigenvalue weighted by Crippen LogP contribution is 2.14. The summed E-state index contributed by atoms with van der Waals surface area (Å²) >= 11 is 0. The standard InChI is InChI=1S/C18H18FNO2/c1-13(15-6-8-16(19)9-7-15)20-18(21)12-5-14-3-10-17(22-2)11-4-14/h3-13H,1-2H3,(H,20,21)/b12-5+/t13-/m1/s1. The van der Waals surface area contributed by atoms with E-state index in [0.717, 1.165) is 16.9 Å². The topological polar surface area (TPSA) is 38.3 Å². The molecular formula is C18H18FNO2. The second-order valence-electron chi connectivity index (χ2n) is 4.89. The first-order valence-corrected chi connectivity index (χ1v) is 6.96. The Kier molecular flexibility index (Phi) is 5.31. The molecule has 1 atom stereocenters. The zero-order valence-corrected chi connectivity index (χ0v) is 12.5. The fraction of sp³-hybridized carbons (Fsp3) is 0.167. The van der Waals surface area contributed by atoms with Crippen LogP contribution in [-0.4, -0.2) is 13.0 Å². The average Bonchev–Trinajstić information content (AvgIpc) is 2.54. The number of rotatable bonds is 5. The molecule has 3 nitrogen and oxygen atoms in total. The van der Waals surface area contributed by atoms with E-state index in [2.05, 4.69) is 5.32 Å². The normalized spacial score (nSPS) is 12.1. The van der Waals surface area contributed by atoms with Crippen LogP contribution in [-0.2, 0) is 4.79 Å². The van der Waals surface area contributed by atoms with Gasteiger partial charge in [0, 0.05) is 6.08 Å². The van der Waals surface area contributed by atoms with Crippen LogP contribution in [0.25, 0.3) is 6.08 Å². The third-order valence-electron chi connectivity index (χ3n) is 3.27. The van der Waals surface area contributed by atoms with E-state index in [1.807, 2.05) is 31.2 Å². The molecule has 114 valence electrons. The van der Waals surface area contributed by atoms with Crippen molar-refractivity contribution in [1.29, 1.82) is 0 Å². The lowest BCUT2D eigenvalue weighted by molar-refractivity contribution is -0.117. The summed E-state index contributed by atoms with van der Waals surface area (Å²) < 4.78 is 17.9. The second kappa shape index (κ2) is 7.41. The summed E-state index contributed by atoms with van der Waals surface area (Å²) in [7, 11) is 1.61. The van der Waals surface area contributed by atoms with Gasteiger partial charge in [-0.15, -0.1) is 0 Å².